The van der Waals surface area contributed by atoms with Crippen LogP contribution in [0.1, 0.15) is 83.1 Å². The van der Waals surface area contributed by atoms with Crippen molar-refractivity contribution in [3.8, 4) is 0 Å². The van der Waals surface area contributed by atoms with Crippen LogP contribution in [0, 0.1) is 0 Å². The predicted molar refractivity (Wildman–Crippen MR) is 136 cm³/mol. The molecule has 1 heterocycles. The monoisotopic (exact) mass is 581 g/mol. The second-order valence-electron chi connectivity index (χ2n) is 2.98. The summed E-state index contributed by atoms with van der Waals surface area (Å²) in [6.45, 7) is 34.9. The van der Waals surface area contributed by atoms with E-state index >= 15 is 0 Å². The molecule has 29 heavy (non-hydrogen) atoms. The summed E-state index contributed by atoms with van der Waals surface area (Å²) < 4.78 is 0. The quantitative estimate of drug-likeness (QED) is 0.258. The van der Waals surface area contributed by atoms with Crippen molar-refractivity contribution in [3.63, 3.8) is 0 Å². The zero-order valence-electron chi connectivity index (χ0n) is 21.7. The first-order valence-electron chi connectivity index (χ1n) is 10.7. The van der Waals surface area contributed by atoms with Gasteiger partial charge in [-0.2, -0.15) is 0 Å². The average molecular weight is 581 g/mol. The molecule has 0 atom stereocenters. The zero-order valence-corrected chi connectivity index (χ0v) is 24.4. The molecule has 173 valence electrons. The number of likely N-dealkylation sites (N-methyl/N-ethyl adjacent to an activating group) is 1. The number of hydrogen-bond acceptors (Lipinski definition) is 4. The molecule has 0 saturated carbocycles. The van der Waals surface area contributed by atoms with Crippen molar-refractivity contribution < 1.29 is 20.4 Å². The van der Waals surface area contributed by atoms with Gasteiger partial charge in [0.25, 0.3) is 0 Å². The van der Waals surface area contributed by atoms with Crippen LogP contribution in [0.4, 0.5) is 11.5 Å². The maximum atomic E-state index is 4.03. The molecule has 1 aromatic heterocycles. The molecule has 0 saturated heterocycles. The van der Waals surface area contributed by atoms with Crippen molar-refractivity contribution >= 4 is 18.2 Å². The van der Waals surface area contributed by atoms with Gasteiger partial charge in [-0.05, 0) is 18.9 Å². The van der Waals surface area contributed by atoms with E-state index in [4.69, 9.17) is 0 Å². The Hall–Kier alpha value is -1.57. The van der Waals surface area contributed by atoms with E-state index in [1.165, 1.54) is 6.33 Å². The van der Waals surface area contributed by atoms with Gasteiger partial charge in [-0.15, -0.1) is 0 Å². The van der Waals surface area contributed by atoms with E-state index in [1.54, 1.807) is 18.3 Å². The molecule has 1 rings (SSSR count). The summed E-state index contributed by atoms with van der Waals surface area (Å²) in [4.78, 5) is 13.7. The SMILES string of the molecule is C=C/C=C(\C=C)N(C)c1cncnc1N=C.CC.CC.CC.CC.CC.CC.[Re]. The van der Waals surface area contributed by atoms with Crippen LogP contribution >= 0.6 is 0 Å². The van der Waals surface area contributed by atoms with Crippen LogP contribution in [0.5, 0.6) is 0 Å². The second-order valence-corrected chi connectivity index (χ2v) is 2.98. The number of anilines is 1. The Balaban J connectivity index is -0.0000000639. The van der Waals surface area contributed by atoms with E-state index in [1.807, 2.05) is 101 Å². The molecule has 0 N–H and O–H groups in total. The first-order chi connectivity index (χ1) is 13.7. The summed E-state index contributed by atoms with van der Waals surface area (Å²) in [7, 11) is 1.88. The van der Waals surface area contributed by atoms with Crippen molar-refractivity contribution in [3.05, 3.63) is 49.6 Å². The standard InChI is InChI=1S/C12H14N4.6C2H6.Re/c1-5-7-10(6-2)16(4)11-8-14-9-15-12(11)13-3;6*1-2;/h5-9H,1-3H2,4H3;6*1-2H3;/b10-7+;;;;;;;. The number of allylic oxidation sites excluding steroid dienone is 3. The molecule has 0 spiro atoms. The molecule has 1 aromatic rings. The molecule has 0 aromatic carbocycles. The first kappa shape index (κ1) is 45.9. The van der Waals surface area contributed by atoms with Gasteiger partial charge in [0.15, 0.2) is 5.82 Å². The predicted octanol–water partition coefficient (Wildman–Crippen LogP) is 8.66. The fourth-order valence-corrected chi connectivity index (χ4v) is 1.25. The van der Waals surface area contributed by atoms with Crippen LogP contribution in [-0.4, -0.2) is 23.7 Å². The van der Waals surface area contributed by atoms with E-state index in [-0.39, 0.29) is 20.4 Å². The van der Waals surface area contributed by atoms with E-state index < -0.39 is 0 Å². The van der Waals surface area contributed by atoms with Gasteiger partial charge in [0.1, 0.15) is 12.0 Å². The van der Waals surface area contributed by atoms with Crippen molar-refractivity contribution in [2.45, 2.75) is 83.1 Å². The van der Waals surface area contributed by atoms with Gasteiger partial charge < -0.3 is 4.90 Å². The number of nitrogens with zero attached hydrogens (tertiary/aromatic N) is 4. The van der Waals surface area contributed by atoms with Gasteiger partial charge in [0, 0.05) is 33.2 Å². The van der Waals surface area contributed by atoms with Crippen LogP contribution in [0.15, 0.2) is 54.6 Å². The number of rotatable bonds is 5. The summed E-state index contributed by atoms with van der Waals surface area (Å²) in [5.41, 5.74) is 1.65. The minimum Gasteiger partial charge on any atom is -0.340 e. The molecule has 0 bridgehead atoms. The fourth-order valence-electron chi connectivity index (χ4n) is 1.25. The van der Waals surface area contributed by atoms with E-state index in [0.29, 0.717) is 5.82 Å². The molecule has 0 aliphatic carbocycles. The fraction of sp³-hybridized carbons (Fsp3) is 0.542. The summed E-state index contributed by atoms with van der Waals surface area (Å²) in [5.74, 6) is 0.536. The van der Waals surface area contributed by atoms with Crippen LogP contribution in [-0.2, 0) is 20.4 Å². The number of aliphatic imine (C=N–C) groups is 1. The molecule has 1 radical (unpaired) electrons. The van der Waals surface area contributed by atoms with E-state index in [2.05, 4.69) is 34.8 Å². The smallest absolute Gasteiger partial charge is 0.178 e. The summed E-state index contributed by atoms with van der Waals surface area (Å²) >= 11 is 0. The van der Waals surface area contributed by atoms with Crippen LogP contribution in [0.25, 0.3) is 0 Å². The van der Waals surface area contributed by atoms with Crippen molar-refractivity contribution in [2.75, 3.05) is 11.9 Å². The Morgan fingerprint density at radius 2 is 1.31 bits per heavy atom. The Labute approximate surface area is 198 Å². The van der Waals surface area contributed by atoms with Crippen LogP contribution in [0.2, 0.25) is 0 Å². The number of hydrogen-bond donors (Lipinski definition) is 0. The van der Waals surface area contributed by atoms with E-state index in [0.717, 1.165) is 11.4 Å². The topological polar surface area (TPSA) is 41.4 Å². The van der Waals surface area contributed by atoms with Gasteiger partial charge in [-0.3, -0.25) is 0 Å². The van der Waals surface area contributed by atoms with Gasteiger partial charge >= 0.3 is 0 Å². The average Bonchev–Trinajstić information content (AvgIpc) is 2.84. The zero-order chi connectivity index (χ0) is 24.0. The molecule has 4 nitrogen and oxygen atoms in total. The molecule has 0 unspecified atom stereocenters. The Morgan fingerprint density at radius 1 is 0.897 bits per heavy atom. The maximum absolute atomic E-state index is 4.03. The first-order valence-corrected chi connectivity index (χ1v) is 10.7. The Morgan fingerprint density at radius 3 is 1.62 bits per heavy atom. The summed E-state index contributed by atoms with van der Waals surface area (Å²) in [6.07, 6.45) is 8.37. The second kappa shape index (κ2) is 50.3. The van der Waals surface area contributed by atoms with E-state index in [9.17, 15) is 0 Å². The molecular weight excluding hydrogens is 530 g/mol. The minimum absolute atomic E-state index is 0. The third-order valence-corrected chi connectivity index (χ3v) is 2.07. The van der Waals surface area contributed by atoms with Crippen molar-refractivity contribution in [1.82, 2.24) is 9.97 Å². The van der Waals surface area contributed by atoms with Crippen LogP contribution < -0.4 is 4.90 Å². The third kappa shape index (κ3) is 26.4. The van der Waals surface area contributed by atoms with Gasteiger partial charge in [0.05, 0.1) is 6.20 Å². The minimum atomic E-state index is 0. The number of aromatic nitrogens is 2. The van der Waals surface area contributed by atoms with Crippen LogP contribution in [0.3, 0.4) is 0 Å². The summed E-state index contributed by atoms with van der Waals surface area (Å²) in [6, 6.07) is 0. The molecule has 5 heteroatoms. The molecule has 0 amide bonds. The molecule has 0 aliphatic heterocycles. The Kier molecular flexibility index (Phi) is 79.7. The molecular formula is C24H50N4Re. The largest absolute Gasteiger partial charge is 0.340 e. The van der Waals surface area contributed by atoms with Crippen molar-refractivity contribution in [1.29, 1.82) is 0 Å². The van der Waals surface area contributed by atoms with Gasteiger partial charge in [0.2, 0.25) is 0 Å². The van der Waals surface area contributed by atoms with Crippen molar-refractivity contribution in [2.24, 2.45) is 4.99 Å². The molecule has 0 fully saturated rings. The third-order valence-electron chi connectivity index (χ3n) is 2.07. The molecule has 0 aliphatic rings. The van der Waals surface area contributed by atoms with Gasteiger partial charge in [-0.1, -0.05) is 102 Å². The van der Waals surface area contributed by atoms with Gasteiger partial charge in [-0.25, -0.2) is 15.0 Å². The summed E-state index contributed by atoms with van der Waals surface area (Å²) in [5, 5.41) is 0. The maximum Gasteiger partial charge on any atom is 0.178 e. The Bertz CT molecular complexity index is 444. The normalized spacial score (nSPS) is 7.14.